The molecule has 1 amide bonds. The van der Waals surface area contributed by atoms with Crippen molar-refractivity contribution >= 4 is 11.9 Å². The number of nitrogens with one attached hydrogen (secondary N) is 1. The maximum atomic E-state index is 11.5. The standard InChI is InChI=1S/C14H23NO3/c1-2-3-4-5-6-7-8-11-18-14(17)12-9-10-13(16)15-12/h3-4,12H,2,5-11H2,1H3,(H,15,16)/b4-3+/t12-/m0/s1. The van der Waals surface area contributed by atoms with Crippen molar-refractivity contribution in [3.8, 4) is 0 Å². The number of ether oxygens (including phenoxy) is 1. The van der Waals surface area contributed by atoms with Crippen LogP contribution in [-0.2, 0) is 14.3 Å². The van der Waals surface area contributed by atoms with E-state index in [0.29, 0.717) is 19.4 Å². The van der Waals surface area contributed by atoms with E-state index in [4.69, 9.17) is 4.74 Å². The smallest absolute Gasteiger partial charge is 0.328 e. The fraction of sp³-hybridized carbons (Fsp3) is 0.714. The molecule has 0 aromatic carbocycles. The first kappa shape index (κ1) is 14.7. The number of carbonyl (C=O) groups excluding carboxylic acids is 2. The Kier molecular flexibility index (Phi) is 7.14. The zero-order valence-electron chi connectivity index (χ0n) is 11.1. The average Bonchev–Trinajstić information content (AvgIpc) is 2.79. The molecule has 18 heavy (non-hydrogen) atoms. The van der Waals surface area contributed by atoms with Gasteiger partial charge in [-0.25, -0.2) is 4.79 Å². The highest BCUT2D eigenvalue weighted by Crippen LogP contribution is 2.09. The summed E-state index contributed by atoms with van der Waals surface area (Å²) in [7, 11) is 0. The molecule has 1 aliphatic heterocycles. The number of hydrogen-bond acceptors (Lipinski definition) is 3. The normalized spacial score (nSPS) is 19.2. The van der Waals surface area contributed by atoms with E-state index in [1.165, 1.54) is 0 Å². The maximum Gasteiger partial charge on any atom is 0.328 e. The van der Waals surface area contributed by atoms with Gasteiger partial charge in [0.1, 0.15) is 6.04 Å². The third kappa shape index (κ3) is 5.84. The fourth-order valence-corrected chi connectivity index (χ4v) is 1.89. The predicted molar refractivity (Wildman–Crippen MR) is 70.0 cm³/mol. The average molecular weight is 253 g/mol. The van der Waals surface area contributed by atoms with E-state index in [0.717, 1.165) is 32.1 Å². The van der Waals surface area contributed by atoms with Crippen LogP contribution in [0.1, 0.15) is 51.9 Å². The van der Waals surface area contributed by atoms with Crippen LogP contribution in [0.25, 0.3) is 0 Å². The molecular weight excluding hydrogens is 230 g/mol. The highest BCUT2D eigenvalue weighted by atomic mass is 16.5. The van der Waals surface area contributed by atoms with E-state index in [2.05, 4.69) is 24.4 Å². The van der Waals surface area contributed by atoms with Crippen LogP contribution in [0.5, 0.6) is 0 Å². The molecule has 1 atom stereocenters. The van der Waals surface area contributed by atoms with Gasteiger partial charge in [0, 0.05) is 6.42 Å². The molecule has 0 aliphatic carbocycles. The van der Waals surface area contributed by atoms with Crippen LogP contribution >= 0.6 is 0 Å². The fourth-order valence-electron chi connectivity index (χ4n) is 1.89. The third-order valence-corrected chi connectivity index (χ3v) is 2.94. The minimum Gasteiger partial charge on any atom is -0.464 e. The molecule has 0 radical (unpaired) electrons. The van der Waals surface area contributed by atoms with E-state index in [1.54, 1.807) is 0 Å². The minimum absolute atomic E-state index is 0.0559. The minimum atomic E-state index is -0.412. The summed E-state index contributed by atoms with van der Waals surface area (Å²) >= 11 is 0. The first-order valence-corrected chi connectivity index (χ1v) is 6.85. The van der Waals surface area contributed by atoms with Gasteiger partial charge in [0.25, 0.3) is 0 Å². The number of amides is 1. The number of esters is 1. The number of allylic oxidation sites excluding steroid dienone is 2. The van der Waals surface area contributed by atoms with Gasteiger partial charge < -0.3 is 10.1 Å². The third-order valence-electron chi connectivity index (χ3n) is 2.94. The van der Waals surface area contributed by atoms with Crippen LogP contribution in [-0.4, -0.2) is 24.5 Å². The van der Waals surface area contributed by atoms with Gasteiger partial charge in [0.15, 0.2) is 0 Å². The van der Waals surface area contributed by atoms with Gasteiger partial charge in [0.2, 0.25) is 5.91 Å². The number of unbranched alkanes of at least 4 members (excludes halogenated alkanes) is 3. The SMILES string of the molecule is CC/C=C/CCCCCOC(=O)[C@@H]1CCC(=O)N1. The second kappa shape index (κ2) is 8.72. The molecule has 1 rings (SSSR count). The molecule has 0 bridgehead atoms. The molecule has 4 nitrogen and oxygen atoms in total. The van der Waals surface area contributed by atoms with Crippen molar-refractivity contribution in [2.24, 2.45) is 0 Å². The van der Waals surface area contributed by atoms with E-state index in [9.17, 15) is 9.59 Å². The van der Waals surface area contributed by atoms with Gasteiger partial charge in [-0.05, 0) is 38.5 Å². The summed E-state index contributed by atoms with van der Waals surface area (Å²) in [6, 6.07) is -0.412. The molecule has 0 aromatic rings. The van der Waals surface area contributed by atoms with Crippen LogP contribution in [0.2, 0.25) is 0 Å². The van der Waals surface area contributed by atoms with Crippen LogP contribution in [0.3, 0.4) is 0 Å². The van der Waals surface area contributed by atoms with Crippen molar-refractivity contribution in [1.29, 1.82) is 0 Å². The van der Waals surface area contributed by atoms with Gasteiger partial charge in [-0.15, -0.1) is 0 Å². The van der Waals surface area contributed by atoms with Crippen molar-refractivity contribution in [2.45, 2.75) is 57.9 Å². The monoisotopic (exact) mass is 253 g/mol. The summed E-state index contributed by atoms with van der Waals surface area (Å²) in [6.45, 7) is 2.58. The summed E-state index contributed by atoms with van der Waals surface area (Å²) < 4.78 is 5.13. The van der Waals surface area contributed by atoms with Gasteiger partial charge in [-0.1, -0.05) is 19.1 Å². The van der Waals surface area contributed by atoms with Crippen molar-refractivity contribution in [3.05, 3.63) is 12.2 Å². The maximum absolute atomic E-state index is 11.5. The lowest BCUT2D eigenvalue weighted by molar-refractivity contribution is -0.146. The van der Waals surface area contributed by atoms with Crippen LogP contribution in [0.4, 0.5) is 0 Å². The molecule has 0 unspecified atom stereocenters. The summed E-state index contributed by atoms with van der Waals surface area (Å²) in [5, 5.41) is 2.61. The Morgan fingerprint density at radius 3 is 2.89 bits per heavy atom. The molecule has 4 heteroatoms. The highest BCUT2D eigenvalue weighted by Gasteiger charge is 2.28. The highest BCUT2D eigenvalue weighted by molar-refractivity contribution is 5.87. The Labute approximate surface area is 109 Å². The Hall–Kier alpha value is -1.32. The summed E-state index contributed by atoms with van der Waals surface area (Å²) in [4.78, 5) is 22.5. The lowest BCUT2D eigenvalue weighted by Crippen LogP contribution is -2.34. The molecule has 1 N–H and O–H groups in total. The Morgan fingerprint density at radius 1 is 1.39 bits per heavy atom. The first-order chi connectivity index (χ1) is 8.74. The van der Waals surface area contributed by atoms with Crippen LogP contribution in [0.15, 0.2) is 12.2 Å². The largest absolute Gasteiger partial charge is 0.464 e. The van der Waals surface area contributed by atoms with Gasteiger partial charge in [0.05, 0.1) is 6.61 Å². The second-order valence-corrected chi connectivity index (χ2v) is 4.56. The Bertz CT molecular complexity index is 299. The molecule has 1 heterocycles. The van der Waals surface area contributed by atoms with Crippen molar-refractivity contribution in [2.75, 3.05) is 6.61 Å². The lowest BCUT2D eigenvalue weighted by Gasteiger charge is -2.09. The summed E-state index contributed by atoms with van der Waals surface area (Å²) in [5.41, 5.74) is 0. The molecule has 0 saturated carbocycles. The predicted octanol–water partition coefficient (Wildman–Crippen LogP) is 2.33. The van der Waals surface area contributed by atoms with Crippen molar-refractivity contribution in [1.82, 2.24) is 5.32 Å². The van der Waals surface area contributed by atoms with Crippen molar-refractivity contribution in [3.63, 3.8) is 0 Å². The Balaban J connectivity index is 1.96. The van der Waals surface area contributed by atoms with E-state index < -0.39 is 6.04 Å². The van der Waals surface area contributed by atoms with Crippen LogP contribution in [0, 0.1) is 0 Å². The molecule has 102 valence electrons. The molecule has 1 saturated heterocycles. The van der Waals surface area contributed by atoms with Gasteiger partial charge in [-0.2, -0.15) is 0 Å². The molecule has 1 aliphatic rings. The number of rotatable bonds is 8. The Morgan fingerprint density at radius 2 is 2.22 bits per heavy atom. The zero-order chi connectivity index (χ0) is 13.2. The van der Waals surface area contributed by atoms with Gasteiger partial charge in [-0.3, -0.25) is 4.79 Å². The molecule has 0 aromatic heterocycles. The number of carbonyl (C=O) groups is 2. The molecule has 1 fully saturated rings. The zero-order valence-corrected chi connectivity index (χ0v) is 11.1. The van der Waals surface area contributed by atoms with E-state index in [-0.39, 0.29) is 11.9 Å². The topological polar surface area (TPSA) is 55.4 Å². The molecular formula is C14H23NO3. The first-order valence-electron chi connectivity index (χ1n) is 6.85. The molecule has 0 spiro atoms. The quantitative estimate of drug-likeness (QED) is 0.410. The lowest BCUT2D eigenvalue weighted by atomic mass is 10.2. The van der Waals surface area contributed by atoms with Gasteiger partial charge >= 0.3 is 5.97 Å². The van der Waals surface area contributed by atoms with Crippen LogP contribution < -0.4 is 5.32 Å². The van der Waals surface area contributed by atoms with E-state index in [1.807, 2.05) is 0 Å². The summed E-state index contributed by atoms with van der Waals surface area (Å²) in [6.07, 6.45) is 10.6. The number of hydrogen-bond donors (Lipinski definition) is 1. The summed E-state index contributed by atoms with van der Waals surface area (Å²) in [5.74, 6) is -0.341. The van der Waals surface area contributed by atoms with Crippen molar-refractivity contribution < 1.29 is 14.3 Å². The van der Waals surface area contributed by atoms with E-state index >= 15 is 0 Å². The second-order valence-electron chi connectivity index (χ2n) is 4.56.